The van der Waals surface area contributed by atoms with Crippen LogP contribution in [0.25, 0.3) is 11.0 Å². The number of alkyl halides is 3. The van der Waals surface area contributed by atoms with E-state index in [1.54, 1.807) is 0 Å². The lowest BCUT2D eigenvalue weighted by atomic mass is 10.2. The molecule has 3 aromatic rings. The Bertz CT molecular complexity index is 732. The zero-order valence-electron chi connectivity index (χ0n) is 10.3. The van der Waals surface area contributed by atoms with Crippen LogP contribution in [0.2, 0.25) is 0 Å². The molecule has 6 heteroatoms. The van der Waals surface area contributed by atoms with E-state index in [0.29, 0.717) is 12.1 Å². The maximum absolute atomic E-state index is 12.6. The highest BCUT2D eigenvalue weighted by molar-refractivity contribution is 5.74. The van der Waals surface area contributed by atoms with Gasteiger partial charge in [0.05, 0.1) is 12.1 Å². The molecule has 0 unspecified atom stereocenters. The summed E-state index contributed by atoms with van der Waals surface area (Å²) in [5.74, 6) is 0. The maximum Gasteiger partial charge on any atom is 0.416 e. The Balaban J connectivity index is 1.95. The fraction of sp³-hybridized carbons (Fsp3) is 0.143. The molecule has 2 aromatic carbocycles. The Hall–Kier alpha value is -2.37. The summed E-state index contributed by atoms with van der Waals surface area (Å²) in [7, 11) is 0. The molecule has 3 rings (SSSR count). The van der Waals surface area contributed by atoms with Crippen molar-refractivity contribution in [1.82, 2.24) is 15.0 Å². The minimum absolute atomic E-state index is 0.246. The van der Waals surface area contributed by atoms with Crippen LogP contribution in [0, 0.1) is 0 Å². The van der Waals surface area contributed by atoms with Gasteiger partial charge in [-0.1, -0.05) is 30.3 Å². The molecule has 0 N–H and O–H groups in total. The van der Waals surface area contributed by atoms with Crippen LogP contribution in [0.15, 0.2) is 48.5 Å². The molecule has 1 heterocycles. The van der Waals surface area contributed by atoms with Crippen molar-refractivity contribution in [3.05, 3.63) is 59.7 Å². The molecule has 0 aliphatic rings. The molecule has 0 saturated carbocycles. The molecule has 0 aliphatic carbocycles. The molecule has 0 fully saturated rings. The van der Waals surface area contributed by atoms with E-state index in [4.69, 9.17) is 0 Å². The van der Waals surface area contributed by atoms with Gasteiger partial charge in [-0.3, -0.25) is 0 Å². The average Bonchev–Trinajstić information content (AvgIpc) is 2.80. The van der Waals surface area contributed by atoms with Gasteiger partial charge in [0.25, 0.3) is 0 Å². The Morgan fingerprint density at radius 3 is 2.30 bits per heavy atom. The van der Waals surface area contributed by atoms with Crippen LogP contribution in [0.3, 0.4) is 0 Å². The summed E-state index contributed by atoms with van der Waals surface area (Å²) in [5, 5.41) is 8.26. The van der Waals surface area contributed by atoms with Crippen molar-refractivity contribution in [3.63, 3.8) is 0 Å². The smallest absolute Gasteiger partial charge is 0.179 e. The van der Waals surface area contributed by atoms with E-state index in [9.17, 15) is 13.2 Å². The van der Waals surface area contributed by atoms with Gasteiger partial charge in [-0.15, -0.1) is 0 Å². The largest absolute Gasteiger partial charge is 0.416 e. The molecule has 102 valence electrons. The zero-order valence-corrected chi connectivity index (χ0v) is 10.3. The Morgan fingerprint density at radius 2 is 1.60 bits per heavy atom. The van der Waals surface area contributed by atoms with Gasteiger partial charge in [0.1, 0.15) is 11.0 Å². The highest BCUT2D eigenvalue weighted by atomic mass is 19.4. The number of aromatic nitrogens is 3. The lowest BCUT2D eigenvalue weighted by Crippen LogP contribution is -2.04. The van der Waals surface area contributed by atoms with Crippen LogP contribution in [0.1, 0.15) is 11.1 Å². The van der Waals surface area contributed by atoms with Crippen LogP contribution in [0.4, 0.5) is 13.2 Å². The van der Waals surface area contributed by atoms with Gasteiger partial charge in [0.2, 0.25) is 0 Å². The van der Waals surface area contributed by atoms with Gasteiger partial charge in [-0.25, -0.2) is 0 Å². The summed E-state index contributed by atoms with van der Waals surface area (Å²) in [5.41, 5.74) is 0.977. The predicted octanol–water partition coefficient (Wildman–Crippen LogP) is 3.50. The van der Waals surface area contributed by atoms with Crippen LogP contribution < -0.4 is 0 Å². The number of rotatable bonds is 2. The number of hydrogen-bond acceptors (Lipinski definition) is 2. The molecular weight excluding hydrogens is 267 g/mol. The minimum Gasteiger partial charge on any atom is -0.179 e. The van der Waals surface area contributed by atoms with Gasteiger partial charge in [-0.2, -0.15) is 28.2 Å². The molecule has 0 spiro atoms. The molecule has 0 atom stereocenters. The predicted molar refractivity (Wildman–Crippen MR) is 68.1 cm³/mol. The molecule has 0 saturated heterocycles. The molecule has 1 aromatic heterocycles. The van der Waals surface area contributed by atoms with Gasteiger partial charge in [0.15, 0.2) is 0 Å². The third kappa shape index (κ3) is 2.49. The topological polar surface area (TPSA) is 30.7 Å². The quantitative estimate of drug-likeness (QED) is 0.717. The van der Waals surface area contributed by atoms with Gasteiger partial charge >= 0.3 is 6.18 Å². The number of fused-ring (bicyclic) bond motifs is 1. The monoisotopic (exact) mass is 277 g/mol. The first-order valence-corrected chi connectivity index (χ1v) is 5.98. The SMILES string of the molecule is FC(F)(F)c1ccc2nn(Cc3ccccc3)nc2c1. The molecule has 3 nitrogen and oxygen atoms in total. The van der Waals surface area contributed by atoms with Crippen molar-refractivity contribution in [1.29, 1.82) is 0 Å². The molecular formula is C14H10F3N3. The van der Waals surface area contributed by atoms with Crippen LogP contribution in [0.5, 0.6) is 0 Å². The van der Waals surface area contributed by atoms with E-state index in [0.717, 1.165) is 17.7 Å². The zero-order chi connectivity index (χ0) is 14.2. The second-order valence-electron chi connectivity index (χ2n) is 4.42. The van der Waals surface area contributed by atoms with Crippen LogP contribution >= 0.6 is 0 Å². The summed E-state index contributed by atoms with van der Waals surface area (Å²) in [4.78, 5) is 1.40. The molecule has 20 heavy (non-hydrogen) atoms. The van der Waals surface area contributed by atoms with E-state index >= 15 is 0 Å². The first-order chi connectivity index (χ1) is 9.52. The highest BCUT2D eigenvalue weighted by Crippen LogP contribution is 2.30. The van der Waals surface area contributed by atoms with Crippen molar-refractivity contribution < 1.29 is 13.2 Å². The Kier molecular flexibility index (Phi) is 2.93. The van der Waals surface area contributed by atoms with Gasteiger partial charge in [0, 0.05) is 0 Å². The van der Waals surface area contributed by atoms with Crippen molar-refractivity contribution >= 4 is 11.0 Å². The Labute approximate surface area is 112 Å². The Morgan fingerprint density at radius 1 is 0.900 bits per heavy atom. The van der Waals surface area contributed by atoms with Gasteiger partial charge < -0.3 is 0 Å². The number of halogens is 3. The van der Waals surface area contributed by atoms with E-state index in [2.05, 4.69) is 10.2 Å². The average molecular weight is 277 g/mol. The van der Waals surface area contributed by atoms with Crippen molar-refractivity contribution in [3.8, 4) is 0 Å². The van der Waals surface area contributed by atoms with Crippen molar-refractivity contribution in [2.75, 3.05) is 0 Å². The summed E-state index contributed by atoms with van der Waals surface area (Å²) in [6.07, 6.45) is -4.36. The van der Waals surface area contributed by atoms with E-state index in [1.165, 1.54) is 10.9 Å². The second-order valence-corrected chi connectivity index (χ2v) is 4.42. The number of nitrogens with zero attached hydrogens (tertiary/aromatic N) is 3. The maximum atomic E-state index is 12.6. The van der Waals surface area contributed by atoms with Crippen molar-refractivity contribution in [2.45, 2.75) is 12.7 Å². The second kappa shape index (κ2) is 4.63. The molecule has 0 aliphatic heterocycles. The lowest BCUT2D eigenvalue weighted by Gasteiger charge is -2.04. The normalized spacial score (nSPS) is 11.9. The summed E-state index contributed by atoms with van der Waals surface area (Å²) in [6, 6.07) is 12.9. The first-order valence-electron chi connectivity index (χ1n) is 5.98. The van der Waals surface area contributed by atoms with E-state index < -0.39 is 11.7 Å². The number of benzene rings is 2. The number of hydrogen-bond donors (Lipinski definition) is 0. The van der Waals surface area contributed by atoms with E-state index in [-0.39, 0.29) is 5.52 Å². The lowest BCUT2D eigenvalue weighted by molar-refractivity contribution is -0.137. The highest BCUT2D eigenvalue weighted by Gasteiger charge is 2.30. The molecule has 0 bridgehead atoms. The van der Waals surface area contributed by atoms with Gasteiger partial charge in [-0.05, 0) is 23.8 Å². The minimum atomic E-state index is -4.36. The fourth-order valence-corrected chi connectivity index (χ4v) is 1.95. The first kappa shape index (κ1) is 12.7. The summed E-state index contributed by atoms with van der Waals surface area (Å²) in [6.45, 7) is 0.427. The van der Waals surface area contributed by atoms with Crippen LogP contribution in [-0.4, -0.2) is 15.0 Å². The standard InChI is InChI=1S/C14H10F3N3/c15-14(16,17)11-6-7-12-13(8-11)19-20(18-12)9-10-4-2-1-3-5-10/h1-8H,9H2. The molecule has 0 amide bonds. The third-order valence-corrected chi connectivity index (χ3v) is 2.92. The summed E-state index contributed by atoms with van der Waals surface area (Å²) >= 11 is 0. The molecule has 0 radical (unpaired) electrons. The van der Waals surface area contributed by atoms with E-state index in [1.807, 2.05) is 30.3 Å². The van der Waals surface area contributed by atoms with Crippen molar-refractivity contribution in [2.24, 2.45) is 0 Å². The third-order valence-electron chi connectivity index (χ3n) is 2.92. The summed E-state index contributed by atoms with van der Waals surface area (Å²) < 4.78 is 37.8. The van der Waals surface area contributed by atoms with Crippen LogP contribution in [-0.2, 0) is 12.7 Å². The fourth-order valence-electron chi connectivity index (χ4n) is 1.95.